The lowest BCUT2D eigenvalue weighted by Gasteiger charge is -2.43. The van der Waals surface area contributed by atoms with E-state index in [1.807, 2.05) is 18.2 Å². The molecule has 2 aliphatic heterocycles. The molecule has 1 fully saturated rings. The summed E-state index contributed by atoms with van der Waals surface area (Å²) in [5.41, 5.74) is 1.49. The van der Waals surface area contributed by atoms with Gasteiger partial charge in [0, 0.05) is 12.5 Å². The molecule has 0 aromatic heterocycles. The molecule has 0 atom stereocenters. The van der Waals surface area contributed by atoms with Crippen molar-refractivity contribution < 1.29 is 14.6 Å². The van der Waals surface area contributed by atoms with Crippen LogP contribution < -0.4 is 4.74 Å². The maximum absolute atomic E-state index is 11.8. The maximum Gasteiger partial charge on any atom is 0.246 e. The minimum atomic E-state index is -0.714. The van der Waals surface area contributed by atoms with Crippen LogP contribution in [-0.4, -0.2) is 41.2 Å². The summed E-state index contributed by atoms with van der Waals surface area (Å²) in [4.78, 5) is 13.5. The lowest BCUT2D eigenvalue weighted by Crippen LogP contribution is -2.61. The van der Waals surface area contributed by atoms with Crippen molar-refractivity contribution in [3.8, 4) is 5.75 Å². The van der Waals surface area contributed by atoms with E-state index in [4.69, 9.17) is 4.74 Å². The van der Waals surface area contributed by atoms with E-state index >= 15 is 0 Å². The molecule has 0 radical (unpaired) electrons. The highest BCUT2D eigenvalue weighted by Crippen LogP contribution is 2.26. The van der Waals surface area contributed by atoms with E-state index < -0.39 is 5.60 Å². The molecule has 0 saturated carbocycles. The molecule has 0 unspecified atom stereocenters. The summed E-state index contributed by atoms with van der Waals surface area (Å²) in [5.74, 6) is 0.894. The second-order valence-electron chi connectivity index (χ2n) is 5.49. The number of hydrogen-bond donors (Lipinski definition) is 1. The van der Waals surface area contributed by atoms with Crippen LogP contribution in [0.5, 0.6) is 5.75 Å². The van der Waals surface area contributed by atoms with E-state index in [2.05, 4.69) is 6.07 Å². The van der Waals surface area contributed by atoms with E-state index in [1.54, 1.807) is 17.9 Å². The zero-order valence-electron chi connectivity index (χ0n) is 10.9. The number of aliphatic hydroxyl groups is 1. The van der Waals surface area contributed by atoms with Crippen molar-refractivity contribution in [2.24, 2.45) is 0 Å². The van der Waals surface area contributed by atoms with Gasteiger partial charge in [-0.1, -0.05) is 6.07 Å². The Kier molecular flexibility index (Phi) is 2.82. The van der Waals surface area contributed by atoms with Crippen molar-refractivity contribution in [1.82, 2.24) is 4.90 Å². The quantitative estimate of drug-likeness (QED) is 0.813. The van der Waals surface area contributed by atoms with Gasteiger partial charge in [0.05, 0.1) is 25.3 Å². The van der Waals surface area contributed by atoms with Gasteiger partial charge in [0.15, 0.2) is 0 Å². The molecule has 100 valence electrons. The first-order valence-electron chi connectivity index (χ1n) is 6.49. The van der Waals surface area contributed by atoms with E-state index in [1.165, 1.54) is 5.56 Å². The van der Waals surface area contributed by atoms with Gasteiger partial charge < -0.3 is 14.7 Å². The number of carbonyl (C=O) groups excluding carboxylic acids is 1. The second kappa shape index (κ2) is 4.38. The van der Waals surface area contributed by atoms with Crippen LogP contribution >= 0.6 is 0 Å². The molecular weight excluding hydrogens is 242 g/mol. The fourth-order valence-electron chi connectivity index (χ4n) is 2.51. The number of hydrogen-bond acceptors (Lipinski definition) is 3. The smallest absolute Gasteiger partial charge is 0.246 e. The first-order chi connectivity index (χ1) is 9.03. The van der Waals surface area contributed by atoms with Crippen molar-refractivity contribution in [3.63, 3.8) is 0 Å². The average Bonchev–Trinajstić information content (AvgIpc) is 2.80. The third-order valence-electron chi connectivity index (χ3n) is 3.51. The summed E-state index contributed by atoms with van der Waals surface area (Å²) in [6.45, 7) is 3.30. The van der Waals surface area contributed by atoms with E-state index in [0.29, 0.717) is 13.1 Å². The summed E-state index contributed by atoms with van der Waals surface area (Å²) < 4.78 is 5.44. The third-order valence-corrected chi connectivity index (χ3v) is 3.51. The van der Waals surface area contributed by atoms with Gasteiger partial charge in [0.25, 0.3) is 0 Å². The average molecular weight is 259 g/mol. The van der Waals surface area contributed by atoms with Crippen molar-refractivity contribution in [1.29, 1.82) is 0 Å². The zero-order chi connectivity index (χ0) is 13.5. The highest BCUT2D eigenvalue weighted by molar-refractivity contribution is 5.92. The minimum Gasteiger partial charge on any atom is -0.493 e. The normalized spacial score (nSPS) is 20.0. The number of nitrogens with zero attached hydrogens (tertiary/aromatic N) is 1. The number of rotatable bonds is 2. The Bertz CT molecular complexity index is 540. The topological polar surface area (TPSA) is 49.8 Å². The summed E-state index contributed by atoms with van der Waals surface area (Å²) >= 11 is 0. The summed E-state index contributed by atoms with van der Waals surface area (Å²) in [6.07, 6.45) is 4.31. The van der Waals surface area contributed by atoms with Crippen LogP contribution in [0.3, 0.4) is 0 Å². The van der Waals surface area contributed by atoms with Crippen LogP contribution in [0.1, 0.15) is 18.1 Å². The van der Waals surface area contributed by atoms with Gasteiger partial charge in [-0.15, -0.1) is 0 Å². The lowest BCUT2D eigenvalue weighted by molar-refractivity contribution is -0.146. The predicted molar refractivity (Wildman–Crippen MR) is 71.9 cm³/mol. The van der Waals surface area contributed by atoms with E-state index in [-0.39, 0.29) is 5.91 Å². The number of carbonyl (C=O) groups is 1. The maximum atomic E-state index is 11.8. The number of β-amino-alcohol motifs (C(OH)–C–C–N with tert-alkyl or cyclic N) is 1. The molecule has 4 heteroatoms. The molecule has 1 aromatic rings. The molecule has 4 nitrogen and oxygen atoms in total. The van der Waals surface area contributed by atoms with Crippen LogP contribution in [0.25, 0.3) is 6.08 Å². The van der Waals surface area contributed by atoms with Crippen LogP contribution in [0.4, 0.5) is 0 Å². The first kappa shape index (κ1) is 12.2. The van der Waals surface area contributed by atoms with Crippen molar-refractivity contribution in [2.75, 3.05) is 19.7 Å². The van der Waals surface area contributed by atoms with Crippen molar-refractivity contribution >= 4 is 12.0 Å². The highest BCUT2D eigenvalue weighted by atomic mass is 16.5. The molecule has 3 rings (SSSR count). The Morgan fingerprint density at radius 3 is 3.00 bits per heavy atom. The molecular formula is C15H17NO3. The summed E-state index contributed by atoms with van der Waals surface area (Å²) in [7, 11) is 0. The molecule has 2 aliphatic rings. The Hall–Kier alpha value is -1.81. The number of amides is 1. The molecule has 0 bridgehead atoms. The Morgan fingerprint density at radius 2 is 2.26 bits per heavy atom. The van der Waals surface area contributed by atoms with Crippen molar-refractivity contribution in [3.05, 3.63) is 35.4 Å². The van der Waals surface area contributed by atoms with Crippen LogP contribution in [0, 0.1) is 0 Å². The van der Waals surface area contributed by atoms with Gasteiger partial charge >= 0.3 is 0 Å². The Balaban J connectivity index is 1.65. The lowest BCUT2D eigenvalue weighted by atomic mass is 9.97. The molecule has 1 aromatic carbocycles. The predicted octanol–water partition coefficient (Wildman–Crippen LogP) is 1.23. The summed E-state index contributed by atoms with van der Waals surface area (Å²) in [5, 5.41) is 9.59. The number of likely N-dealkylation sites (tertiary alicyclic amines) is 1. The first-order valence-corrected chi connectivity index (χ1v) is 6.49. The highest BCUT2D eigenvalue weighted by Gasteiger charge is 2.38. The van der Waals surface area contributed by atoms with Crippen LogP contribution in [0.2, 0.25) is 0 Å². The summed E-state index contributed by atoms with van der Waals surface area (Å²) in [6, 6.07) is 5.94. The molecule has 0 spiro atoms. The molecule has 2 heterocycles. The SMILES string of the molecule is CC1(O)CN(C(=O)C=Cc2ccc3c(c2)CCO3)C1. The molecule has 0 aliphatic carbocycles. The number of fused-ring (bicyclic) bond motifs is 1. The number of benzene rings is 1. The molecule has 1 amide bonds. The van der Waals surface area contributed by atoms with Crippen LogP contribution in [-0.2, 0) is 11.2 Å². The Morgan fingerprint density at radius 1 is 1.47 bits per heavy atom. The fourth-order valence-corrected chi connectivity index (χ4v) is 2.51. The monoisotopic (exact) mass is 259 g/mol. The third kappa shape index (κ3) is 2.49. The van der Waals surface area contributed by atoms with Gasteiger partial charge in [0.2, 0.25) is 5.91 Å². The van der Waals surface area contributed by atoms with Gasteiger partial charge in [-0.05, 0) is 36.3 Å². The second-order valence-corrected chi connectivity index (χ2v) is 5.49. The van der Waals surface area contributed by atoms with Gasteiger partial charge in [-0.2, -0.15) is 0 Å². The Labute approximate surface area is 112 Å². The standard InChI is InChI=1S/C15H17NO3/c1-15(18)9-16(10-15)14(17)5-3-11-2-4-13-12(8-11)6-7-19-13/h2-5,8,18H,6-7,9-10H2,1H3. The molecule has 19 heavy (non-hydrogen) atoms. The van der Waals surface area contributed by atoms with Gasteiger partial charge in [-0.3, -0.25) is 4.79 Å². The molecule has 1 saturated heterocycles. The van der Waals surface area contributed by atoms with E-state index in [9.17, 15) is 9.90 Å². The fraction of sp³-hybridized carbons (Fsp3) is 0.400. The zero-order valence-corrected chi connectivity index (χ0v) is 10.9. The van der Waals surface area contributed by atoms with Crippen molar-refractivity contribution in [2.45, 2.75) is 18.9 Å². The number of ether oxygens (including phenoxy) is 1. The van der Waals surface area contributed by atoms with Crippen LogP contribution in [0.15, 0.2) is 24.3 Å². The molecule has 1 N–H and O–H groups in total. The van der Waals surface area contributed by atoms with E-state index in [0.717, 1.165) is 24.3 Å². The minimum absolute atomic E-state index is 0.0525. The largest absolute Gasteiger partial charge is 0.493 e. The van der Waals surface area contributed by atoms with Gasteiger partial charge in [0.1, 0.15) is 5.75 Å². The van der Waals surface area contributed by atoms with Gasteiger partial charge in [-0.25, -0.2) is 0 Å².